The monoisotopic (exact) mass is 338 g/mol. The molecule has 2 aromatic heterocycles. The van der Waals surface area contributed by atoms with Crippen LogP contribution in [0, 0.1) is 0 Å². The van der Waals surface area contributed by atoms with Crippen molar-refractivity contribution in [2.75, 3.05) is 5.32 Å². The fourth-order valence-corrected chi connectivity index (χ4v) is 3.46. The maximum absolute atomic E-state index is 5.97. The molecule has 0 atom stereocenters. The summed E-state index contributed by atoms with van der Waals surface area (Å²) in [6, 6.07) is 11.7. The van der Waals surface area contributed by atoms with Crippen molar-refractivity contribution in [1.29, 1.82) is 0 Å². The van der Waals surface area contributed by atoms with Crippen molar-refractivity contribution in [2.45, 2.75) is 0 Å². The van der Waals surface area contributed by atoms with Crippen LogP contribution in [0.5, 0.6) is 0 Å². The van der Waals surface area contributed by atoms with Gasteiger partial charge in [-0.05, 0) is 46.3 Å². The van der Waals surface area contributed by atoms with Crippen LogP contribution in [0.1, 0.15) is 0 Å². The van der Waals surface area contributed by atoms with E-state index in [1.807, 2.05) is 30.3 Å². The van der Waals surface area contributed by atoms with E-state index >= 15 is 0 Å². The summed E-state index contributed by atoms with van der Waals surface area (Å²) in [5.74, 6) is 0.844. The standard InChI is InChI=1S/C13H8BrClN2S/c14-12-7-10-11(18-12)4-5-16-13(10)17-9-3-1-2-8(15)6-9/h1-7H,(H,16,17). The van der Waals surface area contributed by atoms with Crippen molar-refractivity contribution >= 4 is 60.5 Å². The number of aromatic nitrogens is 1. The predicted octanol–water partition coefficient (Wildman–Crippen LogP) is 5.46. The summed E-state index contributed by atoms with van der Waals surface area (Å²) in [5, 5.41) is 5.10. The number of pyridine rings is 1. The number of fused-ring (bicyclic) bond motifs is 1. The van der Waals surface area contributed by atoms with Crippen LogP contribution in [0.3, 0.4) is 0 Å². The van der Waals surface area contributed by atoms with E-state index < -0.39 is 0 Å². The predicted molar refractivity (Wildman–Crippen MR) is 82.1 cm³/mol. The Kier molecular flexibility index (Phi) is 3.24. The third-order valence-corrected chi connectivity index (χ3v) is 4.34. The number of nitrogens with zero attached hydrogens (tertiary/aromatic N) is 1. The van der Waals surface area contributed by atoms with Gasteiger partial charge in [0.1, 0.15) is 5.82 Å². The third kappa shape index (κ3) is 2.36. The molecule has 0 aliphatic rings. The average molecular weight is 340 g/mol. The average Bonchev–Trinajstić information content (AvgIpc) is 2.71. The summed E-state index contributed by atoms with van der Waals surface area (Å²) in [6.07, 6.45) is 1.80. The minimum Gasteiger partial charge on any atom is -0.340 e. The highest BCUT2D eigenvalue weighted by Gasteiger charge is 2.06. The van der Waals surface area contributed by atoms with E-state index in [-0.39, 0.29) is 0 Å². The second-order valence-corrected chi connectivity index (χ2v) is 6.66. The Labute approximate surface area is 122 Å². The van der Waals surface area contributed by atoms with Gasteiger partial charge in [-0.2, -0.15) is 0 Å². The van der Waals surface area contributed by atoms with Gasteiger partial charge in [-0.15, -0.1) is 11.3 Å². The van der Waals surface area contributed by atoms with Gasteiger partial charge < -0.3 is 5.32 Å². The van der Waals surface area contributed by atoms with Gasteiger partial charge in [-0.1, -0.05) is 17.7 Å². The van der Waals surface area contributed by atoms with Crippen LogP contribution in [0.4, 0.5) is 11.5 Å². The fourth-order valence-electron chi connectivity index (χ4n) is 1.73. The van der Waals surface area contributed by atoms with Crippen molar-refractivity contribution in [3.63, 3.8) is 0 Å². The number of hydrogen-bond acceptors (Lipinski definition) is 3. The SMILES string of the molecule is Clc1cccc(Nc2nccc3sc(Br)cc23)c1. The van der Waals surface area contributed by atoms with Gasteiger partial charge >= 0.3 is 0 Å². The number of hydrogen-bond donors (Lipinski definition) is 1. The zero-order valence-corrected chi connectivity index (χ0v) is 12.3. The van der Waals surface area contributed by atoms with E-state index in [4.69, 9.17) is 11.6 Å². The van der Waals surface area contributed by atoms with E-state index in [0.29, 0.717) is 5.02 Å². The first-order valence-electron chi connectivity index (χ1n) is 5.29. The second-order valence-electron chi connectivity index (χ2n) is 3.76. The number of anilines is 2. The quantitative estimate of drug-likeness (QED) is 0.671. The molecule has 0 bridgehead atoms. The summed E-state index contributed by atoms with van der Waals surface area (Å²) in [4.78, 5) is 4.38. The highest BCUT2D eigenvalue weighted by molar-refractivity contribution is 9.11. The molecule has 0 unspecified atom stereocenters. The first-order valence-corrected chi connectivity index (χ1v) is 7.28. The number of halogens is 2. The fraction of sp³-hybridized carbons (Fsp3) is 0. The number of benzene rings is 1. The molecule has 0 radical (unpaired) electrons. The summed E-state index contributed by atoms with van der Waals surface area (Å²) in [6.45, 7) is 0. The van der Waals surface area contributed by atoms with Crippen LogP contribution in [-0.2, 0) is 0 Å². The van der Waals surface area contributed by atoms with Gasteiger partial charge in [-0.25, -0.2) is 4.98 Å². The zero-order chi connectivity index (χ0) is 12.5. The van der Waals surface area contributed by atoms with Gasteiger partial charge in [-0.3, -0.25) is 0 Å². The molecular formula is C13H8BrClN2S. The molecule has 0 spiro atoms. The van der Waals surface area contributed by atoms with Crippen LogP contribution < -0.4 is 5.32 Å². The Morgan fingerprint density at radius 2 is 2.11 bits per heavy atom. The molecule has 0 aliphatic heterocycles. The van der Waals surface area contributed by atoms with Crippen molar-refractivity contribution in [3.05, 3.63) is 51.4 Å². The van der Waals surface area contributed by atoms with Crippen LogP contribution in [0.15, 0.2) is 46.4 Å². The summed E-state index contributed by atoms with van der Waals surface area (Å²) in [5.41, 5.74) is 0.935. The van der Waals surface area contributed by atoms with Crippen LogP contribution in [0.2, 0.25) is 5.02 Å². The van der Waals surface area contributed by atoms with E-state index in [1.165, 1.54) is 4.70 Å². The normalized spacial score (nSPS) is 10.8. The second kappa shape index (κ2) is 4.88. The number of thiophene rings is 1. The molecule has 2 nitrogen and oxygen atoms in total. The maximum Gasteiger partial charge on any atom is 0.139 e. The van der Waals surface area contributed by atoms with Crippen molar-refractivity contribution < 1.29 is 0 Å². The third-order valence-electron chi connectivity index (χ3n) is 2.50. The highest BCUT2D eigenvalue weighted by Crippen LogP contribution is 2.34. The topological polar surface area (TPSA) is 24.9 Å². The minimum atomic E-state index is 0.707. The van der Waals surface area contributed by atoms with Crippen molar-refractivity contribution in [1.82, 2.24) is 4.98 Å². The molecule has 5 heteroatoms. The smallest absolute Gasteiger partial charge is 0.139 e. The number of nitrogens with one attached hydrogen (secondary N) is 1. The lowest BCUT2D eigenvalue weighted by molar-refractivity contribution is 1.34. The Balaban J connectivity index is 2.04. The van der Waals surface area contributed by atoms with E-state index in [1.54, 1.807) is 17.5 Å². The Hall–Kier alpha value is -1.10. The van der Waals surface area contributed by atoms with Crippen LogP contribution in [0.25, 0.3) is 10.1 Å². The lowest BCUT2D eigenvalue weighted by atomic mass is 10.3. The number of rotatable bonds is 2. The highest BCUT2D eigenvalue weighted by atomic mass is 79.9. The van der Waals surface area contributed by atoms with Crippen LogP contribution >= 0.6 is 38.9 Å². The summed E-state index contributed by atoms with van der Waals surface area (Å²) in [7, 11) is 0. The van der Waals surface area contributed by atoms with Gasteiger partial charge in [0, 0.05) is 27.0 Å². The van der Waals surface area contributed by atoms with Crippen molar-refractivity contribution in [2.24, 2.45) is 0 Å². The maximum atomic E-state index is 5.97. The molecule has 18 heavy (non-hydrogen) atoms. The first-order chi connectivity index (χ1) is 8.72. The summed E-state index contributed by atoms with van der Waals surface area (Å²) < 4.78 is 2.29. The van der Waals surface area contributed by atoms with E-state index in [2.05, 4.69) is 32.3 Å². The van der Waals surface area contributed by atoms with Gasteiger partial charge in [0.15, 0.2) is 0 Å². The molecular weight excluding hydrogens is 332 g/mol. The lowest BCUT2D eigenvalue weighted by Gasteiger charge is -2.06. The van der Waals surface area contributed by atoms with E-state index in [9.17, 15) is 0 Å². The van der Waals surface area contributed by atoms with Gasteiger partial charge in [0.25, 0.3) is 0 Å². The van der Waals surface area contributed by atoms with Gasteiger partial charge in [0.05, 0.1) is 3.79 Å². The molecule has 0 fully saturated rings. The molecule has 0 aliphatic carbocycles. The summed E-state index contributed by atoms with van der Waals surface area (Å²) >= 11 is 11.2. The molecule has 3 aromatic rings. The molecule has 1 N–H and O–H groups in total. The Morgan fingerprint density at radius 3 is 2.94 bits per heavy atom. The van der Waals surface area contributed by atoms with Crippen LogP contribution in [-0.4, -0.2) is 4.98 Å². The lowest BCUT2D eigenvalue weighted by Crippen LogP contribution is -1.93. The molecule has 0 saturated carbocycles. The molecule has 3 rings (SSSR count). The molecule has 2 heterocycles. The Morgan fingerprint density at radius 1 is 1.22 bits per heavy atom. The first kappa shape index (κ1) is 12.0. The minimum absolute atomic E-state index is 0.707. The van der Waals surface area contributed by atoms with E-state index in [0.717, 1.165) is 20.7 Å². The molecule has 1 aromatic carbocycles. The Bertz CT molecular complexity index is 711. The van der Waals surface area contributed by atoms with Gasteiger partial charge in [0.2, 0.25) is 0 Å². The molecule has 0 amide bonds. The van der Waals surface area contributed by atoms with Crippen molar-refractivity contribution in [3.8, 4) is 0 Å². The molecule has 90 valence electrons. The largest absolute Gasteiger partial charge is 0.340 e. The zero-order valence-electron chi connectivity index (χ0n) is 9.15. The molecule has 0 saturated heterocycles.